The minimum Gasteiger partial charge on any atom is -0.505 e. The number of carbonyl (C=O) groups excluding carboxylic acids is 1. The molecule has 0 amide bonds. The molecule has 186 valence electrons. The van der Waals surface area contributed by atoms with Crippen LogP contribution in [0.5, 0.6) is 11.5 Å². The topological polar surface area (TPSA) is 121 Å². The van der Waals surface area contributed by atoms with Crippen LogP contribution in [0, 0.1) is 17.1 Å². The van der Waals surface area contributed by atoms with Crippen LogP contribution >= 0.6 is 11.6 Å². The van der Waals surface area contributed by atoms with Gasteiger partial charge in [0.1, 0.15) is 34.6 Å². The van der Waals surface area contributed by atoms with Crippen molar-refractivity contribution in [3.63, 3.8) is 0 Å². The van der Waals surface area contributed by atoms with E-state index in [2.05, 4.69) is 16.3 Å². The number of nitrogens with two attached hydrogens (primary N) is 1. The molecule has 0 aliphatic carbocycles. The Balaban J connectivity index is 1.58. The third kappa shape index (κ3) is 4.71. The fraction of sp³-hybridized carbons (Fsp3) is 0.0345. The predicted octanol–water partition coefficient (Wildman–Crippen LogP) is 7.05. The van der Waals surface area contributed by atoms with Crippen molar-refractivity contribution in [1.82, 2.24) is 0 Å². The summed E-state index contributed by atoms with van der Waals surface area (Å²) in [6.45, 7) is 0. The van der Waals surface area contributed by atoms with Crippen molar-refractivity contribution in [2.75, 3.05) is 0 Å². The van der Waals surface area contributed by atoms with E-state index in [0.29, 0.717) is 21.7 Å². The summed E-state index contributed by atoms with van der Waals surface area (Å²) in [5.41, 5.74) is 8.18. The summed E-state index contributed by atoms with van der Waals surface area (Å²) in [6.07, 6.45) is 0. The predicted molar refractivity (Wildman–Crippen MR) is 139 cm³/mol. The van der Waals surface area contributed by atoms with E-state index < -0.39 is 11.7 Å². The number of phenolic OH excluding ortho intramolecular Hbond substituents is 1. The molecule has 0 radical (unpaired) electrons. The molecule has 1 heterocycles. The van der Waals surface area contributed by atoms with Gasteiger partial charge in [0.05, 0.1) is 17.2 Å². The molecule has 1 aliphatic rings. The van der Waals surface area contributed by atoms with E-state index in [1.165, 1.54) is 30.3 Å². The number of allylic oxidation sites excluding steroid dienone is 1. The number of phenols is 1. The third-order valence-electron chi connectivity index (χ3n) is 6.02. The molecule has 1 unspecified atom stereocenters. The number of ketones is 1. The van der Waals surface area contributed by atoms with E-state index >= 15 is 0 Å². The van der Waals surface area contributed by atoms with Crippen molar-refractivity contribution in [3.05, 3.63) is 129 Å². The maximum Gasteiger partial charge on any atom is 0.205 e. The highest BCUT2D eigenvalue weighted by atomic mass is 35.5. The van der Waals surface area contributed by atoms with Gasteiger partial charge in [0.2, 0.25) is 5.88 Å². The van der Waals surface area contributed by atoms with Gasteiger partial charge in [0.15, 0.2) is 5.78 Å². The van der Waals surface area contributed by atoms with Crippen molar-refractivity contribution in [2.24, 2.45) is 16.0 Å². The van der Waals surface area contributed by atoms with E-state index in [1.54, 1.807) is 54.6 Å². The molecule has 0 aromatic heterocycles. The lowest BCUT2D eigenvalue weighted by molar-refractivity contribution is 0.103. The lowest BCUT2D eigenvalue weighted by atomic mass is 9.83. The molecule has 4 aromatic carbocycles. The van der Waals surface area contributed by atoms with E-state index in [1.807, 2.05) is 0 Å². The first-order chi connectivity index (χ1) is 18.4. The van der Waals surface area contributed by atoms with E-state index in [9.17, 15) is 19.6 Å². The molecule has 4 aromatic rings. The zero-order valence-electron chi connectivity index (χ0n) is 19.6. The van der Waals surface area contributed by atoms with Gasteiger partial charge in [-0.05, 0) is 42.0 Å². The van der Waals surface area contributed by atoms with Crippen LogP contribution < -0.4 is 10.5 Å². The second-order valence-electron chi connectivity index (χ2n) is 8.41. The van der Waals surface area contributed by atoms with Gasteiger partial charge >= 0.3 is 0 Å². The van der Waals surface area contributed by atoms with Crippen molar-refractivity contribution in [3.8, 4) is 17.6 Å². The average Bonchev–Trinajstić information content (AvgIpc) is 2.92. The molecular weight excluding hydrogens is 507 g/mol. The minimum absolute atomic E-state index is 0.0604. The molecule has 0 saturated carbocycles. The number of nitriles is 1. The number of carbonyl (C=O) groups is 1. The lowest BCUT2D eigenvalue weighted by Gasteiger charge is -2.26. The zero-order chi connectivity index (χ0) is 26.8. The minimum atomic E-state index is -0.690. The zero-order valence-corrected chi connectivity index (χ0v) is 20.4. The van der Waals surface area contributed by atoms with Gasteiger partial charge in [-0.2, -0.15) is 5.26 Å². The van der Waals surface area contributed by atoms with Gasteiger partial charge in [-0.25, -0.2) is 4.39 Å². The number of rotatable bonds is 5. The number of halogens is 2. The Labute approximate surface area is 221 Å². The molecule has 9 heteroatoms. The molecule has 3 N–H and O–H groups in total. The quantitative estimate of drug-likeness (QED) is 0.214. The second kappa shape index (κ2) is 10.2. The van der Waals surface area contributed by atoms with Gasteiger partial charge in [-0.1, -0.05) is 54.1 Å². The van der Waals surface area contributed by atoms with E-state index in [4.69, 9.17) is 22.1 Å². The molecule has 0 saturated heterocycles. The molecule has 1 aliphatic heterocycles. The van der Waals surface area contributed by atoms with Crippen LogP contribution in [-0.2, 0) is 0 Å². The summed E-state index contributed by atoms with van der Waals surface area (Å²) < 4.78 is 19.2. The fourth-order valence-electron chi connectivity index (χ4n) is 4.19. The maximum atomic E-state index is 13.6. The molecular formula is C29H18ClFN4O3. The van der Waals surface area contributed by atoms with Gasteiger partial charge in [-0.3, -0.25) is 4.79 Å². The summed E-state index contributed by atoms with van der Waals surface area (Å²) in [5, 5.41) is 29.2. The van der Waals surface area contributed by atoms with Crippen molar-refractivity contribution in [1.29, 1.82) is 5.26 Å². The van der Waals surface area contributed by atoms with Gasteiger partial charge in [0.25, 0.3) is 0 Å². The number of fused-ring (bicyclic) bond motifs is 1. The highest BCUT2D eigenvalue weighted by molar-refractivity contribution is 6.31. The summed E-state index contributed by atoms with van der Waals surface area (Å²) in [7, 11) is 0. The molecule has 0 bridgehead atoms. The number of ether oxygens (including phenoxy) is 1. The molecule has 7 nitrogen and oxygen atoms in total. The SMILES string of the molecule is N#CC1=C(N)Oc2cc(O)c(N=Nc3ccc(Cl)cc3C(=O)c3ccccc3)cc2C1c1ccc(F)cc1. The number of azo groups is 1. The van der Waals surface area contributed by atoms with Gasteiger partial charge < -0.3 is 15.6 Å². The van der Waals surface area contributed by atoms with Crippen molar-refractivity contribution in [2.45, 2.75) is 5.92 Å². The average molecular weight is 525 g/mol. The van der Waals surface area contributed by atoms with Gasteiger partial charge in [-0.15, -0.1) is 10.2 Å². The third-order valence-corrected chi connectivity index (χ3v) is 6.26. The number of hydrogen-bond acceptors (Lipinski definition) is 7. The van der Waals surface area contributed by atoms with Crippen LogP contribution in [-0.4, -0.2) is 10.9 Å². The highest BCUT2D eigenvalue weighted by Gasteiger charge is 2.32. The van der Waals surface area contributed by atoms with Crippen LogP contribution in [0.3, 0.4) is 0 Å². The number of benzene rings is 4. The maximum absolute atomic E-state index is 13.6. The Morgan fingerprint density at radius 1 is 1.00 bits per heavy atom. The second-order valence-corrected chi connectivity index (χ2v) is 8.85. The Kier molecular flexibility index (Phi) is 6.60. The van der Waals surface area contributed by atoms with Crippen LogP contribution in [0.2, 0.25) is 5.02 Å². The summed E-state index contributed by atoms with van der Waals surface area (Å²) in [4.78, 5) is 13.1. The normalized spacial score (nSPS) is 14.6. The fourth-order valence-corrected chi connectivity index (χ4v) is 4.36. The number of aromatic hydroxyl groups is 1. The van der Waals surface area contributed by atoms with Crippen molar-refractivity contribution < 1.29 is 19.0 Å². The highest BCUT2D eigenvalue weighted by Crippen LogP contribution is 2.46. The summed E-state index contributed by atoms with van der Waals surface area (Å²) in [5.74, 6) is -1.57. The Bertz CT molecular complexity index is 1660. The molecule has 5 rings (SSSR count). The monoisotopic (exact) mass is 524 g/mol. The molecule has 1 atom stereocenters. The van der Waals surface area contributed by atoms with E-state index in [0.717, 1.165) is 0 Å². The Morgan fingerprint density at radius 3 is 2.42 bits per heavy atom. The first kappa shape index (κ1) is 24.7. The standard InChI is InChI=1S/C29H18ClFN4O3/c30-18-8-11-23(20(12-18)28(37)17-4-2-1-3-5-17)34-35-24-13-21-26(14-25(24)36)38-29(33)22(15-32)27(21)16-6-9-19(31)10-7-16/h1-14,27,36H,33H2. The lowest BCUT2D eigenvalue weighted by Crippen LogP contribution is -2.21. The molecule has 0 spiro atoms. The Morgan fingerprint density at radius 2 is 1.71 bits per heavy atom. The first-order valence-electron chi connectivity index (χ1n) is 11.4. The van der Waals surface area contributed by atoms with Crippen LogP contribution in [0.25, 0.3) is 0 Å². The van der Waals surface area contributed by atoms with Crippen molar-refractivity contribution >= 4 is 28.8 Å². The summed E-state index contributed by atoms with van der Waals surface area (Å²) >= 11 is 6.15. The number of nitrogens with zero attached hydrogens (tertiary/aromatic N) is 3. The molecule has 38 heavy (non-hydrogen) atoms. The first-order valence-corrected chi connectivity index (χ1v) is 11.7. The molecule has 0 fully saturated rings. The number of hydrogen-bond donors (Lipinski definition) is 2. The van der Waals surface area contributed by atoms with Crippen LogP contribution in [0.1, 0.15) is 33.0 Å². The smallest absolute Gasteiger partial charge is 0.205 e. The van der Waals surface area contributed by atoms with Gasteiger partial charge in [0, 0.05) is 22.2 Å². The Hall–Kier alpha value is -5.00. The van der Waals surface area contributed by atoms with E-state index in [-0.39, 0.29) is 45.7 Å². The largest absolute Gasteiger partial charge is 0.505 e. The summed E-state index contributed by atoms with van der Waals surface area (Å²) in [6, 6.07) is 23.8. The van der Waals surface area contributed by atoms with Crippen LogP contribution in [0.15, 0.2) is 107 Å². The van der Waals surface area contributed by atoms with Crippen LogP contribution in [0.4, 0.5) is 15.8 Å².